The molecule has 0 aliphatic carbocycles. The molecule has 0 amide bonds. The van der Waals surface area contributed by atoms with Crippen LogP contribution in [0.5, 0.6) is 0 Å². The molecule has 0 unspecified atom stereocenters. The normalized spacial score (nSPS) is 12.3. The highest BCUT2D eigenvalue weighted by Crippen LogP contribution is 2.24. The van der Waals surface area contributed by atoms with E-state index >= 15 is 0 Å². The van der Waals surface area contributed by atoms with Gasteiger partial charge < -0.3 is 0 Å². The van der Waals surface area contributed by atoms with Gasteiger partial charge in [-0.05, 0) is 28.1 Å². The summed E-state index contributed by atoms with van der Waals surface area (Å²) in [7, 11) is 0. The zero-order valence-corrected chi connectivity index (χ0v) is 8.88. The Morgan fingerprint density at radius 1 is 1.33 bits per heavy atom. The molecular formula is C8H5BrF3N3. The van der Waals surface area contributed by atoms with E-state index < -0.39 is 12.7 Å². The average molecular weight is 280 g/mol. The van der Waals surface area contributed by atoms with E-state index in [0.29, 0.717) is 15.5 Å². The topological polar surface area (TPSA) is 30.7 Å². The Balaban J connectivity index is 2.50. The van der Waals surface area contributed by atoms with Crippen molar-refractivity contribution in [2.75, 3.05) is 0 Å². The number of alkyl halides is 3. The Bertz CT molecular complexity index is 491. The third-order valence-electron chi connectivity index (χ3n) is 1.83. The predicted molar refractivity (Wildman–Crippen MR) is 51.3 cm³/mol. The molecule has 1 aromatic heterocycles. The molecule has 80 valence electrons. The maximum atomic E-state index is 12.1. The summed E-state index contributed by atoms with van der Waals surface area (Å²) in [5.74, 6) is 0. The number of fused-ring (bicyclic) bond motifs is 1. The molecule has 2 aromatic rings. The number of nitrogens with zero attached hydrogens (tertiary/aromatic N) is 3. The van der Waals surface area contributed by atoms with Crippen molar-refractivity contribution in [2.24, 2.45) is 0 Å². The van der Waals surface area contributed by atoms with E-state index in [0.717, 1.165) is 4.68 Å². The third-order valence-corrected chi connectivity index (χ3v) is 2.47. The van der Waals surface area contributed by atoms with Crippen LogP contribution in [0.3, 0.4) is 0 Å². The standard InChI is InChI=1S/C8H5BrF3N3/c9-5-2-1-3-6-7(5)13-14-15(6)4-8(10,11)12/h1-3H,4H2. The SMILES string of the molecule is FC(F)(F)Cn1nnc2c(Br)cccc21. The summed E-state index contributed by atoms with van der Waals surface area (Å²) in [4.78, 5) is 0. The molecule has 0 saturated carbocycles. The summed E-state index contributed by atoms with van der Waals surface area (Å²) < 4.78 is 37.9. The van der Waals surface area contributed by atoms with E-state index in [1.54, 1.807) is 18.2 Å². The molecule has 0 saturated heterocycles. The van der Waals surface area contributed by atoms with E-state index in [1.165, 1.54) is 0 Å². The maximum absolute atomic E-state index is 12.1. The Morgan fingerprint density at radius 3 is 2.73 bits per heavy atom. The number of halogens is 4. The molecule has 3 nitrogen and oxygen atoms in total. The van der Waals surface area contributed by atoms with Crippen LogP contribution in [0.25, 0.3) is 11.0 Å². The fourth-order valence-corrected chi connectivity index (χ4v) is 1.68. The zero-order valence-electron chi connectivity index (χ0n) is 7.29. The summed E-state index contributed by atoms with van der Waals surface area (Å²) in [5, 5.41) is 7.13. The van der Waals surface area contributed by atoms with Gasteiger partial charge in [-0.1, -0.05) is 11.3 Å². The first-order valence-electron chi connectivity index (χ1n) is 4.02. The van der Waals surface area contributed by atoms with E-state index in [1.807, 2.05) is 0 Å². The van der Waals surface area contributed by atoms with Crippen LogP contribution in [0, 0.1) is 0 Å². The molecule has 2 rings (SSSR count). The van der Waals surface area contributed by atoms with Crippen LogP contribution < -0.4 is 0 Å². The van der Waals surface area contributed by atoms with Gasteiger partial charge >= 0.3 is 6.18 Å². The average Bonchev–Trinajstić information content (AvgIpc) is 2.48. The van der Waals surface area contributed by atoms with Gasteiger partial charge in [-0.15, -0.1) is 5.10 Å². The van der Waals surface area contributed by atoms with Gasteiger partial charge in [-0.3, -0.25) is 0 Å². The quantitative estimate of drug-likeness (QED) is 0.804. The van der Waals surface area contributed by atoms with Crippen molar-refractivity contribution in [3.05, 3.63) is 22.7 Å². The lowest BCUT2D eigenvalue weighted by Gasteiger charge is -2.05. The molecular weight excluding hydrogens is 275 g/mol. The Hall–Kier alpha value is -1.11. The number of benzene rings is 1. The molecule has 7 heteroatoms. The molecule has 0 bridgehead atoms. The van der Waals surface area contributed by atoms with Crippen LogP contribution in [0.4, 0.5) is 13.2 Å². The Labute approximate surface area is 91.0 Å². The van der Waals surface area contributed by atoms with Gasteiger partial charge in [0.05, 0.1) is 5.52 Å². The lowest BCUT2D eigenvalue weighted by Crippen LogP contribution is -2.18. The Morgan fingerprint density at radius 2 is 2.07 bits per heavy atom. The van der Waals surface area contributed by atoms with Crippen LogP contribution in [0.2, 0.25) is 0 Å². The fourth-order valence-electron chi connectivity index (χ4n) is 1.24. The van der Waals surface area contributed by atoms with Gasteiger partial charge in [-0.25, -0.2) is 4.68 Å². The highest BCUT2D eigenvalue weighted by molar-refractivity contribution is 9.10. The van der Waals surface area contributed by atoms with Gasteiger partial charge in [0.25, 0.3) is 0 Å². The minimum Gasteiger partial charge on any atom is -0.235 e. The number of hydrogen-bond donors (Lipinski definition) is 0. The molecule has 0 N–H and O–H groups in total. The van der Waals surface area contributed by atoms with Crippen LogP contribution in [-0.2, 0) is 6.54 Å². The minimum atomic E-state index is -4.29. The van der Waals surface area contributed by atoms with Crippen molar-refractivity contribution < 1.29 is 13.2 Å². The van der Waals surface area contributed by atoms with E-state index in [9.17, 15) is 13.2 Å². The highest BCUT2D eigenvalue weighted by Gasteiger charge is 2.29. The Kier molecular flexibility index (Phi) is 2.41. The summed E-state index contributed by atoms with van der Waals surface area (Å²) in [5.41, 5.74) is 0.795. The minimum absolute atomic E-state index is 0.363. The lowest BCUT2D eigenvalue weighted by atomic mass is 10.3. The smallest absolute Gasteiger partial charge is 0.235 e. The van der Waals surface area contributed by atoms with Crippen LogP contribution in [0.1, 0.15) is 0 Å². The molecule has 0 spiro atoms. The first-order valence-corrected chi connectivity index (χ1v) is 4.81. The van der Waals surface area contributed by atoms with Crippen LogP contribution in [0.15, 0.2) is 22.7 Å². The van der Waals surface area contributed by atoms with Crippen molar-refractivity contribution in [1.82, 2.24) is 15.0 Å². The molecule has 0 atom stereocenters. The van der Waals surface area contributed by atoms with Gasteiger partial charge in [0.1, 0.15) is 12.1 Å². The molecule has 0 aliphatic heterocycles. The monoisotopic (exact) mass is 279 g/mol. The predicted octanol–water partition coefficient (Wildman–Crippen LogP) is 2.76. The molecule has 1 aromatic carbocycles. The molecule has 15 heavy (non-hydrogen) atoms. The van der Waals surface area contributed by atoms with Gasteiger partial charge in [0, 0.05) is 4.47 Å². The van der Waals surface area contributed by atoms with Crippen molar-refractivity contribution >= 4 is 27.0 Å². The lowest BCUT2D eigenvalue weighted by molar-refractivity contribution is -0.142. The van der Waals surface area contributed by atoms with Gasteiger partial charge in [0.2, 0.25) is 0 Å². The van der Waals surface area contributed by atoms with Crippen LogP contribution in [-0.4, -0.2) is 21.2 Å². The van der Waals surface area contributed by atoms with E-state index in [-0.39, 0.29) is 0 Å². The van der Waals surface area contributed by atoms with Crippen LogP contribution >= 0.6 is 15.9 Å². The molecule has 1 heterocycles. The first kappa shape index (κ1) is 10.4. The summed E-state index contributed by atoms with van der Waals surface area (Å²) >= 11 is 3.19. The number of hydrogen-bond acceptors (Lipinski definition) is 2. The highest BCUT2D eigenvalue weighted by atomic mass is 79.9. The summed E-state index contributed by atoms with van der Waals surface area (Å²) in [6.45, 7) is -1.13. The van der Waals surface area contributed by atoms with Crippen molar-refractivity contribution in [3.8, 4) is 0 Å². The zero-order chi connectivity index (χ0) is 11.1. The third kappa shape index (κ3) is 2.11. The maximum Gasteiger partial charge on any atom is 0.408 e. The molecule has 0 fully saturated rings. The largest absolute Gasteiger partial charge is 0.408 e. The second-order valence-corrected chi connectivity index (χ2v) is 3.82. The number of aromatic nitrogens is 3. The van der Waals surface area contributed by atoms with Gasteiger partial charge in [0.15, 0.2) is 0 Å². The van der Waals surface area contributed by atoms with Crippen molar-refractivity contribution in [2.45, 2.75) is 12.7 Å². The summed E-state index contributed by atoms with van der Waals surface area (Å²) in [6.07, 6.45) is -4.29. The number of rotatable bonds is 1. The van der Waals surface area contributed by atoms with Crippen molar-refractivity contribution in [1.29, 1.82) is 0 Å². The second kappa shape index (κ2) is 3.48. The van der Waals surface area contributed by atoms with E-state index in [4.69, 9.17) is 0 Å². The van der Waals surface area contributed by atoms with E-state index in [2.05, 4.69) is 26.2 Å². The summed E-state index contributed by atoms with van der Waals surface area (Å²) in [6, 6.07) is 4.89. The fraction of sp³-hybridized carbons (Fsp3) is 0.250. The molecule has 0 radical (unpaired) electrons. The van der Waals surface area contributed by atoms with Gasteiger partial charge in [-0.2, -0.15) is 13.2 Å². The second-order valence-electron chi connectivity index (χ2n) is 2.97. The first-order chi connectivity index (χ1) is 6.97. The molecule has 0 aliphatic rings. The van der Waals surface area contributed by atoms with Crippen molar-refractivity contribution in [3.63, 3.8) is 0 Å².